The first-order chi connectivity index (χ1) is 14.7. The van der Waals surface area contributed by atoms with Gasteiger partial charge in [0.05, 0.1) is 0 Å². The number of pyridine rings is 1. The first kappa shape index (κ1) is 23.5. The van der Waals surface area contributed by atoms with Crippen molar-refractivity contribution in [1.29, 1.82) is 0 Å². The van der Waals surface area contributed by atoms with Crippen LogP contribution in [0.2, 0.25) is 0 Å². The van der Waals surface area contributed by atoms with Gasteiger partial charge in [-0.2, -0.15) is 0 Å². The molecule has 7 heteroatoms. The molecule has 2 fully saturated rings. The van der Waals surface area contributed by atoms with Crippen LogP contribution in [0.5, 0.6) is 0 Å². The van der Waals surface area contributed by atoms with Crippen molar-refractivity contribution in [2.24, 2.45) is 11.8 Å². The molecule has 0 aromatic carbocycles. The zero-order valence-electron chi connectivity index (χ0n) is 19.5. The van der Waals surface area contributed by atoms with Crippen LogP contribution in [-0.2, 0) is 16.0 Å². The summed E-state index contributed by atoms with van der Waals surface area (Å²) in [5, 5.41) is 2.82. The molecule has 172 valence electrons. The number of rotatable bonds is 5. The monoisotopic (exact) mass is 430 g/mol. The maximum atomic E-state index is 13.4. The average molecular weight is 431 g/mol. The first-order valence-electron chi connectivity index (χ1n) is 11.6. The zero-order chi connectivity index (χ0) is 22.4. The molecule has 1 aromatic heterocycles. The highest BCUT2D eigenvalue weighted by Crippen LogP contribution is 2.32. The Bertz CT molecular complexity index is 718. The molecule has 31 heavy (non-hydrogen) atoms. The highest BCUT2D eigenvalue weighted by atomic mass is 16.6. The average Bonchev–Trinajstić information content (AvgIpc) is 2.73. The van der Waals surface area contributed by atoms with E-state index >= 15 is 0 Å². The van der Waals surface area contributed by atoms with Gasteiger partial charge in [0.25, 0.3) is 0 Å². The van der Waals surface area contributed by atoms with Crippen LogP contribution in [0.1, 0.15) is 52.0 Å². The van der Waals surface area contributed by atoms with E-state index in [1.165, 1.54) is 25.9 Å². The minimum Gasteiger partial charge on any atom is -0.444 e. The molecule has 0 spiro atoms. The van der Waals surface area contributed by atoms with E-state index in [0.717, 1.165) is 37.4 Å². The molecule has 0 saturated carbocycles. The maximum Gasteiger partial charge on any atom is 0.408 e. The van der Waals surface area contributed by atoms with Crippen LogP contribution in [0.4, 0.5) is 4.79 Å². The molecule has 3 rings (SSSR count). The minimum absolute atomic E-state index is 0.0236. The summed E-state index contributed by atoms with van der Waals surface area (Å²) < 4.78 is 5.41. The van der Waals surface area contributed by atoms with Crippen molar-refractivity contribution in [3.05, 3.63) is 30.1 Å². The summed E-state index contributed by atoms with van der Waals surface area (Å²) in [6, 6.07) is 3.12. The largest absolute Gasteiger partial charge is 0.444 e. The fourth-order valence-electron chi connectivity index (χ4n) is 4.72. The molecule has 0 bridgehead atoms. The molecule has 2 aliphatic heterocycles. The lowest BCUT2D eigenvalue weighted by Crippen LogP contribution is -2.53. The number of hydrogen-bond acceptors (Lipinski definition) is 5. The van der Waals surface area contributed by atoms with Crippen LogP contribution in [0.15, 0.2) is 24.5 Å². The van der Waals surface area contributed by atoms with Gasteiger partial charge in [0.15, 0.2) is 0 Å². The molecule has 2 saturated heterocycles. The molecule has 2 aliphatic rings. The molecule has 1 N–H and O–H groups in total. The summed E-state index contributed by atoms with van der Waals surface area (Å²) in [6.45, 7) is 9.34. The van der Waals surface area contributed by atoms with Crippen LogP contribution in [-0.4, -0.2) is 71.7 Å². The highest BCUT2D eigenvalue weighted by molar-refractivity contribution is 5.86. The Balaban J connectivity index is 1.60. The Morgan fingerprint density at radius 2 is 1.61 bits per heavy atom. The van der Waals surface area contributed by atoms with E-state index in [9.17, 15) is 9.59 Å². The van der Waals surface area contributed by atoms with Crippen LogP contribution in [0.3, 0.4) is 0 Å². The van der Waals surface area contributed by atoms with Crippen molar-refractivity contribution < 1.29 is 14.3 Å². The van der Waals surface area contributed by atoms with E-state index in [-0.39, 0.29) is 5.91 Å². The summed E-state index contributed by atoms with van der Waals surface area (Å²) in [5.41, 5.74) is 0.353. The third kappa shape index (κ3) is 7.20. The fraction of sp³-hybridized carbons (Fsp3) is 0.708. The van der Waals surface area contributed by atoms with Gasteiger partial charge in [-0.3, -0.25) is 9.78 Å². The van der Waals surface area contributed by atoms with Crippen LogP contribution in [0, 0.1) is 11.8 Å². The second kappa shape index (κ2) is 10.4. The van der Waals surface area contributed by atoms with Gasteiger partial charge < -0.3 is 19.9 Å². The van der Waals surface area contributed by atoms with Crippen LogP contribution >= 0.6 is 0 Å². The number of hydrogen-bond donors (Lipinski definition) is 1. The van der Waals surface area contributed by atoms with E-state index in [2.05, 4.69) is 22.2 Å². The number of nitrogens with one attached hydrogen (secondary N) is 1. The van der Waals surface area contributed by atoms with Gasteiger partial charge in [-0.05, 0) is 96.1 Å². The van der Waals surface area contributed by atoms with Crippen molar-refractivity contribution in [2.75, 3.05) is 33.2 Å². The van der Waals surface area contributed by atoms with Crippen molar-refractivity contribution in [3.63, 3.8) is 0 Å². The molecule has 3 heterocycles. The number of amides is 2. The van der Waals surface area contributed by atoms with Gasteiger partial charge in [0, 0.05) is 31.9 Å². The quantitative estimate of drug-likeness (QED) is 0.777. The van der Waals surface area contributed by atoms with Crippen molar-refractivity contribution >= 4 is 12.0 Å². The third-order valence-corrected chi connectivity index (χ3v) is 6.46. The minimum atomic E-state index is -0.642. The first-order valence-corrected chi connectivity index (χ1v) is 11.6. The Morgan fingerprint density at radius 1 is 1.06 bits per heavy atom. The molecule has 7 nitrogen and oxygen atoms in total. The summed E-state index contributed by atoms with van der Waals surface area (Å²) >= 11 is 0. The van der Waals surface area contributed by atoms with Crippen LogP contribution < -0.4 is 5.32 Å². The molecule has 1 atom stereocenters. The lowest BCUT2D eigenvalue weighted by atomic mass is 9.79. The summed E-state index contributed by atoms with van der Waals surface area (Å²) in [6.07, 6.45) is 7.91. The smallest absolute Gasteiger partial charge is 0.408 e. The van der Waals surface area contributed by atoms with Gasteiger partial charge >= 0.3 is 6.09 Å². The second-order valence-corrected chi connectivity index (χ2v) is 10.1. The Kier molecular flexibility index (Phi) is 7.92. The number of carbonyl (C=O) groups excluding carboxylic acids is 2. The SMILES string of the molecule is CN1CCC(C2CCN(C(=O)[C@@H](Cc3ccncc3)NC(=O)OC(C)(C)C)CC2)CC1. The number of alkyl carbamates (subject to hydrolysis) is 1. The maximum absolute atomic E-state index is 13.4. The molecule has 1 aromatic rings. The Labute approximate surface area is 186 Å². The summed E-state index contributed by atoms with van der Waals surface area (Å²) in [4.78, 5) is 34.1. The molecule has 2 amide bonds. The van der Waals surface area contributed by atoms with Gasteiger partial charge in [0.1, 0.15) is 11.6 Å². The predicted octanol–water partition coefficient (Wildman–Crippen LogP) is 3.10. The number of piperidine rings is 2. The molecule has 0 radical (unpaired) electrons. The number of aromatic nitrogens is 1. The van der Waals surface area contributed by atoms with Gasteiger partial charge in [-0.1, -0.05) is 0 Å². The molecular formula is C24H38N4O3. The lowest BCUT2D eigenvalue weighted by Gasteiger charge is -2.40. The number of nitrogens with zero attached hydrogens (tertiary/aromatic N) is 3. The van der Waals surface area contributed by atoms with Gasteiger partial charge in [0.2, 0.25) is 5.91 Å². The van der Waals surface area contributed by atoms with E-state index < -0.39 is 17.7 Å². The predicted molar refractivity (Wildman–Crippen MR) is 121 cm³/mol. The molecule has 0 aliphatic carbocycles. The number of carbonyl (C=O) groups is 2. The van der Waals surface area contributed by atoms with E-state index in [0.29, 0.717) is 12.3 Å². The van der Waals surface area contributed by atoms with Gasteiger partial charge in [-0.25, -0.2) is 4.79 Å². The van der Waals surface area contributed by atoms with Crippen molar-refractivity contribution in [3.8, 4) is 0 Å². The lowest BCUT2D eigenvalue weighted by molar-refractivity contribution is -0.135. The highest BCUT2D eigenvalue weighted by Gasteiger charge is 2.33. The van der Waals surface area contributed by atoms with E-state index in [4.69, 9.17) is 4.74 Å². The normalized spacial score (nSPS) is 20.3. The second-order valence-electron chi connectivity index (χ2n) is 10.1. The zero-order valence-corrected chi connectivity index (χ0v) is 19.5. The summed E-state index contributed by atoms with van der Waals surface area (Å²) in [7, 11) is 2.19. The standard InChI is InChI=1S/C24H38N4O3/c1-24(2,3)31-23(30)26-21(17-18-5-11-25-12-6-18)22(29)28-15-9-20(10-16-28)19-7-13-27(4)14-8-19/h5-6,11-12,19-21H,7-10,13-17H2,1-4H3,(H,26,30)/t21-/m1/s1. The third-order valence-electron chi connectivity index (χ3n) is 6.46. The van der Waals surface area contributed by atoms with Crippen molar-refractivity contribution in [1.82, 2.24) is 20.1 Å². The molecular weight excluding hydrogens is 392 g/mol. The van der Waals surface area contributed by atoms with Crippen LogP contribution in [0.25, 0.3) is 0 Å². The number of likely N-dealkylation sites (tertiary alicyclic amines) is 2. The Hall–Kier alpha value is -2.15. The van der Waals surface area contributed by atoms with Crippen molar-refractivity contribution in [2.45, 2.75) is 64.5 Å². The van der Waals surface area contributed by atoms with E-state index in [1.807, 2.05) is 37.8 Å². The van der Waals surface area contributed by atoms with Gasteiger partial charge in [-0.15, -0.1) is 0 Å². The summed E-state index contributed by atoms with van der Waals surface area (Å²) in [5.74, 6) is 1.46. The Morgan fingerprint density at radius 3 is 2.16 bits per heavy atom. The number of ether oxygens (including phenoxy) is 1. The fourth-order valence-corrected chi connectivity index (χ4v) is 4.72. The topological polar surface area (TPSA) is 74.8 Å². The van der Waals surface area contributed by atoms with E-state index in [1.54, 1.807) is 12.4 Å². The molecule has 0 unspecified atom stereocenters.